The standard InChI is InChI=1S/C10H16O4/c11-9-7-5-3-1-2-4-6-8-10(12)14-13-9/h1-8H2. The van der Waals surface area contributed by atoms with Crippen molar-refractivity contribution in [3.8, 4) is 0 Å². The third kappa shape index (κ3) is 4.84. The molecular formula is C10H16O4. The molecule has 0 aromatic rings. The fourth-order valence-corrected chi connectivity index (χ4v) is 1.42. The Bertz CT molecular complexity index is 178. The lowest BCUT2D eigenvalue weighted by molar-refractivity contribution is -0.259. The van der Waals surface area contributed by atoms with E-state index in [4.69, 9.17) is 0 Å². The van der Waals surface area contributed by atoms with Crippen LogP contribution in [0.5, 0.6) is 0 Å². The summed E-state index contributed by atoms with van der Waals surface area (Å²) in [6, 6.07) is 0. The van der Waals surface area contributed by atoms with Gasteiger partial charge in [-0.15, -0.1) is 0 Å². The van der Waals surface area contributed by atoms with Crippen LogP contribution in [0.4, 0.5) is 0 Å². The summed E-state index contributed by atoms with van der Waals surface area (Å²) in [5.41, 5.74) is 0. The first-order valence-corrected chi connectivity index (χ1v) is 5.19. The van der Waals surface area contributed by atoms with Crippen molar-refractivity contribution in [1.82, 2.24) is 0 Å². The zero-order valence-corrected chi connectivity index (χ0v) is 8.29. The summed E-state index contributed by atoms with van der Waals surface area (Å²) in [5.74, 6) is -0.891. The topological polar surface area (TPSA) is 52.6 Å². The van der Waals surface area contributed by atoms with E-state index in [1.165, 1.54) is 0 Å². The minimum atomic E-state index is -0.445. The summed E-state index contributed by atoms with van der Waals surface area (Å²) in [6.07, 6.45) is 6.66. The first-order chi connectivity index (χ1) is 6.79. The first kappa shape index (κ1) is 11.0. The van der Waals surface area contributed by atoms with Gasteiger partial charge in [-0.2, -0.15) is 0 Å². The molecular weight excluding hydrogens is 184 g/mol. The highest BCUT2D eigenvalue weighted by molar-refractivity contribution is 5.72. The summed E-state index contributed by atoms with van der Waals surface area (Å²) in [5, 5.41) is 0. The molecule has 80 valence electrons. The fraction of sp³-hybridized carbons (Fsp3) is 0.800. The minimum absolute atomic E-state index is 0.341. The normalized spacial score (nSPS) is 21.4. The molecule has 0 bridgehead atoms. The Kier molecular flexibility index (Phi) is 5.04. The van der Waals surface area contributed by atoms with Crippen molar-refractivity contribution in [2.75, 3.05) is 0 Å². The lowest BCUT2D eigenvalue weighted by Crippen LogP contribution is -2.11. The molecule has 1 fully saturated rings. The molecule has 0 aromatic carbocycles. The Balaban J connectivity index is 2.29. The maximum atomic E-state index is 10.9. The van der Waals surface area contributed by atoms with E-state index in [9.17, 15) is 9.59 Å². The van der Waals surface area contributed by atoms with E-state index in [0.717, 1.165) is 38.5 Å². The van der Waals surface area contributed by atoms with Crippen LogP contribution in [0.15, 0.2) is 0 Å². The van der Waals surface area contributed by atoms with Gasteiger partial charge in [0.1, 0.15) is 0 Å². The van der Waals surface area contributed by atoms with Gasteiger partial charge in [-0.3, -0.25) is 0 Å². The Morgan fingerprint density at radius 3 is 1.43 bits per heavy atom. The fourth-order valence-electron chi connectivity index (χ4n) is 1.42. The molecule has 0 N–H and O–H groups in total. The molecule has 0 spiro atoms. The van der Waals surface area contributed by atoms with Crippen molar-refractivity contribution < 1.29 is 19.4 Å². The quantitative estimate of drug-likeness (QED) is 0.562. The molecule has 1 aliphatic heterocycles. The summed E-state index contributed by atoms with van der Waals surface area (Å²) in [7, 11) is 0. The molecule has 0 unspecified atom stereocenters. The smallest absolute Gasteiger partial charge is 0.247 e. The second-order valence-corrected chi connectivity index (χ2v) is 3.53. The molecule has 0 radical (unpaired) electrons. The van der Waals surface area contributed by atoms with E-state index in [0.29, 0.717) is 12.8 Å². The molecule has 1 aliphatic rings. The van der Waals surface area contributed by atoms with Crippen molar-refractivity contribution in [2.45, 2.75) is 51.4 Å². The molecule has 0 saturated carbocycles. The number of hydrogen-bond donors (Lipinski definition) is 0. The number of rotatable bonds is 0. The van der Waals surface area contributed by atoms with Gasteiger partial charge in [0.15, 0.2) is 0 Å². The largest absolute Gasteiger partial charge is 0.355 e. The van der Waals surface area contributed by atoms with Crippen LogP contribution in [-0.2, 0) is 19.4 Å². The average molecular weight is 200 g/mol. The lowest BCUT2D eigenvalue weighted by atomic mass is 10.1. The van der Waals surface area contributed by atoms with Crippen LogP contribution in [0.25, 0.3) is 0 Å². The monoisotopic (exact) mass is 200 g/mol. The molecule has 14 heavy (non-hydrogen) atoms. The van der Waals surface area contributed by atoms with E-state index >= 15 is 0 Å². The Morgan fingerprint density at radius 2 is 1.00 bits per heavy atom. The predicted molar refractivity (Wildman–Crippen MR) is 49.1 cm³/mol. The molecule has 0 aromatic heterocycles. The Labute approximate surface area is 83.5 Å². The number of carbonyl (C=O) groups excluding carboxylic acids is 2. The van der Waals surface area contributed by atoms with E-state index in [1.807, 2.05) is 0 Å². The molecule has 4 heteroatoms. The summed E-state index contributed by atoms with van der Waals surface area (Å²) < 4.78 is 0. The second-order valence-electron chi connectivity index (χ2n) is 3.53. The molecule has 1 heterocycles. The van der Waals surface area contributed by atoms with Gasteiger partial charge >= 0.3 is 11.9 Å². The van der Waals surface area contributed by atoms with Crippen molar-refractivity contribution in [3.05, 3.63) is 0 Å². The van der Waals surface area contributed by atoms with Crippen molar-refractivity contribution in [3.63, 3.8) is 0 Å². The highest BCUT2D eigenvalue weighted by Gasteiger charge is 2.10. The van der Waals surface area contributed by atoms with E-state index in [-0.39, 0.29) is 0 Å². The molecule has 4 nitrogen and oxygen atoms in total. The first-order valence-electron chi connectivity index (χ1n) is 5.19. The summed E-state index contributed by atoms with van der Waals surface area (Å²) in [6.45, 7) is 0. The minimum Gasteiger partial charge on any atom is -0.247 e. The van der Waals surface area contributed by atoms with E-state index in [1.54, 1.807) is 0 Å². The van der Waals surface area contributed by atoms with Crippen LogP contribution < -0.4 is 0 Å². The third-order valence-electron chi connectivity index (χ3n) is 2.24. The Morgan fingerprint density at radius 1 is 0.643 bits per heavy atom. The predicted octanol–water partition coefficient (Wildman–Crippen LogP) is 2.12. The van der Waals surface area contributed by atoms with Gasteiger partial charge in [0, 0.05) is 0 Å². The lowest BCUT2D eigenvalue weighted by Gasteiger charge is -2.05. The molecule has 1 saturated heterocycles. The zero-order chi connectivity index (χ0) is 10.2. The second kappa shape index (κ2) is 6.40. The number of hydrogen-bond acceptors (Lipinski definition) is 4. The Hall–Kier alpha value is -1.06. The number of carbonyl (C=O) groups is 2. The van der Waals surface area contributed by atoms with Crippen molar-refractivity contribution >= 4 is 11.9 Å². The van der Waals surface area contributed by atoms with Gasteiger partial charge in [-0.05, 0) is 12.8 Å². The average Bonchev–Trinajstić information content (AvgIpc) is 2.17. The van der Waals surface area contributed by atoms with Gasteiger partial charge in [0.2, 0.25) is 0 Å². The SMILES string of the molecule is O=C1CCCCCCCCC(=O)OO1. The van der Waals surface area contributed by atoms with Crippen LogP contribution in [-0.4, -0.2) is 11.9 Å². The van der Waals surface area contributed by atoms with Crippen LogP contribution in [0.1, 0.15) is 51.4 Å². The van der Waals surface area contributed by atoms with Gasteiger partial charge in [0.25, 0.3) is 0 Å². The maximum absolute atomic E-state index is 10.9. The van der Waals surface area contributed by atoms with Crippen LogP contribution in [0, 0.1) is 0 Å². The molecule has 0 amide bonds. The third-order valence-corrected chi connectivity index (χ3v) is 2.24. The van der Waals surface area contributed by atoms with Gasteiger partial charge in [-0.1, -0.05) is 25.7 Å². The van der Waals surface area contributed by atoms with E-state index < -0.39 is 11.9 Å². The summed E-state index contributed by atoms with van der Waals surface area (Å²) in [4.78, 5) is 30.6. The van der Waals surface area contributed by atoms with Crippen molar-refractivity contribution in [1.29, 1.82) is 0 Å². The van der Waals surface area contributed by atoms with Crippen LogP contribution in [0.2, 0.25) is 0 Å². The van der Waals surface area contributed by atoms with Crippen LogP contribution >= 0.6 is 0 Å². The van der Waals surface area contributed by atoms with E-state index in [2.05, 4.69) is 9.78 Å². The summed E-state index contributed by atoms with van der Waals surface area (Å²) >= 11 is 0. The van der Waals surface area contributed by atoms with Gasteiger partial charge in [0.05, 0.1) is 12.8 Å². The van der Waals surface area contributed by atoms with Gasteiger partial charge in [-0.25, -0.2) is 19.4 Å². The molecule has 1 rings (SSSR count). The van der Waals surface area contributed by atoms with Gasteiger partial charge < -0.3 is 0 Å². The van der Waals surface area contributed by atoms with Crippen molar-refractivity contribution in [2.24, 2.45) is 0 Å². The zero-order valence-electron chi connectivity index (χ0n) is 8.29. The molecule has 0 aliphatic carbocycles. The maximum Gasteiger partial charge on any atom is 0.355 e. The highest BCUT2D eigenvalue weighted by Crippen LogP contribution is 2.11. The highest BCUT2D eigenvalue weighted by atomic mass is 17.2. The van der Waals surface area contributed by atoms with Crippen LogP contribution in [0.3, 0.4) is 0 Å². The molecule has 0 atom stereocenters.